The van der Waals surface area contributed by atoms with Crippen LogP contribution >= 0.6 is 0 Å². The number of fused-ring (bicyclic) bond motifs is 2. The Balaban J connectivity index is 1.75. The van der Waals surface area contributed by atoms with E-state index in [1.807, 2.05) is 66.1 Å². The summed E-state index contributed by atoms with van der Waals surface area (Å²) in [7, 11) is 1.64. The number of ether oxygens (including phenoxy) is 1. The van der Waals surface area contributed by atoms with Gasteiger partial charge in [-0.15, -0.1) is 0 Å². The Bertz CT molecular complexity index is 1400. The number of hydrogen-bond acceptors (Lipinski definition) is 5. The highest BCUT2D eigenvalue weighted by Crippen LogP contribution is 2.34. The minimum absolute atomic E-state index is 0.608. The third kappa shape index (κ3) is 2.88. The van der Waals surface area contributed by atoms with Crippen LogP contribution in [-0.4, -0.2) is 27.9 Å². The van der Waals surface area contributed by atoms with E-state index in [2.05, 4.69) is 15.3 Å². The first kappa shape index (κ1) is 17.9. The number of nitrogens with one attached hydrogen (secondary N) is 1. The molecule has 0 atom stereocenters. The van der Waals surface area contributed by atoms with E-state index in [-0.39, 0.29) is 0 Å². The summed E-state index contributed by atoms with van der Waals surface area (Å²) in [5.41, 5.74) is 6.37. The molecule has 5 rings (SSSR count). The van der Waals surface area contributed by atoms with Gasteiger partial charge in [0.05, 0.1) is 24.7 Å². The molecule has 7 nitrogen and oxygen atoms in total. The van der Waals surface area contributed by atoms with Crippen molar-refractivity contribution in [2.45, 2.75) is 6.92 Å². The standard InChI is InChI=1S/C23H18N4O3/c1-14-26-18-8-7-15(10-22(18)30-14)20-11-24-23-19(25-13-28)9-16(12-27(20)23)17-5-3-4-6-21(17)29-2/h3-13H,1-2H3,(H,25,28). The van der Waals surface area contributed by atoms with E-state index in [1.54, 1.807) is 13.3 Å². The number of anilines is 1. The van der Waals surface area contributed by atoms with E-state index >= 15 is 0 Å². The van der Waals surface area contributed by atoms with E-state index in [1.165, 1.54) is 0 Å². The highest BCUT2D eigenvalue weighted by atomic mass is 16.5. The summed E-state index contributed by atoms with van der Waals surface area (Å²) in [5, 5.41) is 2.76. The summed E-state index contributed by atoms with van der Waals surface area (Å²) < 4.78 is 13.2. The van der Waals surface area contributed by atoms with E-state index in [0.717, 1.165) is 33.7 Å². The van der Waals surface area contributed by atoms with Crippen molar-refractivity contribution in [1.82, 2.24) is 14.4 Å². The Hall–Kier alpha value is -4.13. The van der Waals surface area contributed by atoms with Gasteiger partial charge >= 0.3 is 0 Å². The van der Waals surface area contributed by atoms with Crippen molar-refractivity contribution in [1.29, 1.82) is 0 Å². The second-order valence-corrected chi connectivity index (χ2v) is 6.86. The zero-order chi connectivity index (χ0) is 20.7. The number of nitrogens with zero attached hydrogens (tertiary/aromatic N) is 3. The van der Waals surface area contributed by atoms with Crippen LogP contribution in [0.5, 0.6) is 5.75 Å². The number of benzene rings is 2. The summed E-state index contributed by atoms with van der Waals surface area (Å²) in [4.78, 5) is 20.1. The largest absolute Gasteiger partial charge is 0.496 e. The zero-order valence-electron chi connectivity index (χ0n) is 16.4. The molecule has 0 aliphatic heterocycles. The highest BCUT2D eigenvalue weighted by molar-refractivity contribution is 5.87. The lowest BCUT2D eigenvalue weighted by molar-refractivity contribution is -0.105. The van der Waals surface area contributed by atoms with Gasteiger partial charge in [-0.1, -0.05) is 24.3 Å². The van der Waals surface area contributed by atoms with Crippen molar-refractivity contribution < 1.29 is 13.9 Å². The maximum Gasteiger partial charge on any atom is 0.211 e. The topological polar surface area (TPSA) is 81.7 Å². The second-order valence-electron chi connectivity index (χ2n) is 6.86. The molecule has 1 N–H and O–H groups in total. The van der Waals surface area contributed by atoms with Crippen LogP contribution in [0.3, 0.4) is 0 Å². The Kier molecular flexibility index (Phi) is 4.21. The molecule has 0 unspecified atom stereocenters. The Morgan fingerprint density at radius 2 is 2.00 bits per heavy atom. The lowest BCUT2D eigenvalue weighted by Gasteiger charge is -2.12. The SMILES string of the molecule is COc1ccccc1-c1cc(NC=O)c2ncc(-c3ccc4nc(C)oc4c3)n2c1. The number of pyridine rings is 1. The number of aromatic nitrogens is 3. The van der Waals surface area contributed by atoms with Gasteiger partial charge in [-0.3, -0.25) is 9.20 Å². The minimum Gasteiger partial charge on any atom is -0.496 e. The molecule has 5 aromatic rings. The van der Waals surface area contributed by atoms with Gasteiger partial charge in [-0.25, -0.2) is 9.97 Å². The van der Waals surface area contributed by atoms with Crippen molar-refractivity contribution in [3.05, 3.63) is 66.8 Å². The fraction of sp³-hybridized carbons (Fsp3) is 0.0870. The molecule has 1 amide bonds. The van der Waals surface area contributed by atoms with Crippen molar-refractivity contribution >= 4 is 28.8 Å². The number of amides is 1. The fourth-order valence-corrected chi connectivity index (χ4v) is 3.70. The molecule has 3 aromatic heterocycles. The number of carbonyl (C=O) groups is 1. The third-order valence-electron chi connectivity index (χ3n) is 5.03. The summed E-state index contributed by atoms with van der Waals surface area (Å²) in [6.07, 6.45) is 4.42. The molecule has 3 heterocycles. The van der Waals surface area contributed by atoms with E-state index in [0.29, 0.717) is 29.2 Å². The second kappa shape index (κ2) is 7.04. The van der Waals surface area contributed by atoms with Gasteiger partial charge in [0.2, 0.25) is 6.41 Å². The monoisotopic (exact) mass is 398 g/mol. The zero-order valence-corrected chi connectivity index (χ0v) is 16.4. The maximum atomic E-state index is 11.2. The summed E-state index contributed by atoms with van der Waals surface area (Å²) in [6.45, 7) is 1.82. The summed E-state index contributed by atoms with van der Waals surface area (Å²) in [6, 6.07) is 15.5. The molecule has 30 heavy (non-hydrogen) atoms. The van der Waals surface area contributed by atoms with Gasteiger partial charge in [0.25, 0.3) is 0 Å². The number of para-hydroxylation sites is 1. The van der Waals surface area contributed by atoms with Crippen LogP contribution in [0.25, 0.3) is 39.1 Å². The number of carbonyl (C=O) groups excluding carboxylic acids is 1. The number of imidazole rings is 1. The molecule has 7 heteroatoms. The predicted molar refractivity (Wildman–Crippen MR) is 115 cm³/mol. The Morgan fingerprint density at radius 3 is 2.83 bits per heavy atom. The van der Waals surface area contributed by atoms with Gasteiger partial charge in [0.15, 0.2) is 17.1 Å². The number of hydrogen-bond donors (Lipinski definition) is 1. The average Bonchev–Trinajstić information content (AvgIpc) is 3.35. The van der Waals surface area contributed by atoms with Crippen LogP contribution in [0.2, 0.25) is 0 Å². The summed E-state index contributed by atoms with van der Waals surface area (Å²) >= 11 is 0. The van der Waals surface area contributed by atoms with Gasteiger partial charge in [0, 0.05) is 29.8 Å². The molecule has 0 fully saturated rings. The number of aryl methyl sites for hydroxylation is 1. The van der Waals surface area contributed by atoms with Gasteiger partial charge in [0.1, 0.15) is 11.3 Å². The molecule has 0 aliphatic rings. The highest BCUT2D eigenvalue weighted by Gasteiger charge is 2.15. The smallest absolute Gasteiger partial charge is 0.211 e. The number of methoxy groups -OCH3 is 1. The first-order chi connectivity index (χ1) is 14.7. The van der Waals surface area contributed by atoms with Crippen LogP contribution in [0.4, 0.5) is 5.69 Å². The molecule has 148 valence electrons. The van der Waals surface area contributed by atoms with Gasteiger partial charge < -0.3 is 14.5 Å². The van der Waals surface area contributed by atoms with E-state index in [9.17, 15) is 4.79 Å². The Labute approximate surface area is 171 Å². The van der Waals surface area contributed by atoms with Crippen molar-refractivity contribution in [3.63, 3.8) is 0 Å². The maximum absolute atomic E-state index is 11.2. The van der Waals surface area contributed by atoms with Crippen LogP contribution in [0, 0.1) is 6.92 Å². The van der Waals surface area contributed by atoms with Crippen LogP contribution in [0.15, 0.2) is 65.3 Å². The van der Waals surface area contributed by atoms with Crippen LogP contribution in [-0.2, 0) is 4.79 Å². The lowest BCUT2D eigenvalue weighted by Crippen LogP contribution is -2.00. The number of oxazole rings is 1. The summed E-state index contributed by atoms with van der Waals surface area (Å²) in [5.74, 6) is 1.37. The Morgan fingerprint density at radius 1 is 1.13 bits per heavy atom. The molecule has 0 saturated heterocycles. The van der Waals surface area contributed by atoms with E-state index < -0.39 is 0 Å². The van der Waals surface area contributed by atoms with Crippen molar-refractivity contribution in [3.8, 4) is 28.1 Å². The first-order valence-electron chi connectivity index (χ1n) is 9.40. The van der Waals surface area contributed by atoms with E-state index in [4.69, 9.17) is 9.15 Å². The van der Waals surface area contributed by atoms with Crippen LogP contribution in [0.1, 0.15) is 5.89 Å². The molecular formula is C23H18N4O3. The number of rotatable bonds is 5. The van der Waals surface area contributed by atoms with Crippen molar-refractivity contribution in [2.75, 3.05) is 12.4 Å². The molecule has 0 bridgehead atoms. The van der Waals surface area contributed by atoms with Gasteiger partial charge in [-0.05, 0) is 24.3 Å². The molecule has 2 aromatic carbocycles. The molecular weight excluding hydrogens is 380 g/mol. The van der Waals surface area contributed by atoms with Crippen molar-refractivity contribution in [2.24, 2.45) is 0 Å². The average molecular weight is 398 g/mol. The third-order valence-corrected chi connectivity index (χ3v) is 5.03. The minimum atomic E-state index is 0.608. The quantitative estimate of drug-likeness (QED) is 0.434. The molecule has 0 saturated carbocycles. The molecule has 0 radical (unpaired) electrons. The molecule has 0 spiro atoms. The molecule has 0 aliphatic carbocycles. The normalized spacial score (nSPS) is 11.1. The first-order valence-corrected chi connectivity index (χ1v) is 9.40. The fourth-order valence-electron chi connectivity index (χ4n) is 3.70. The predicted octanol–water partition coefficient (Wildman–Crippen LogP) is 4.69. The van der Waals surface area contributed by atoms with Crippen LogP contribution < -0.4 is 10.1 Å². The lowest BCUT2D eigenvalue weighted by atomic mass is 10.1. The van der Waals surface area contributed by atoms with Gasteiger partial charge in [-0.2, -0.15) is 0 Å².